The first-order valence-electron chi connectivity index (χ1n) is 7.92. The third kappa shape index (κ3) is 2.71. The van der Waals surface area contributed by atoms with Crippen molar-refractivity contribution < 1.29 is 4.74 Å². The Morgan fingerprint density at radius 2 is 2.09 bits per heavy atom. The predicted molar refractivity (Wildman–Crippen MR) is 92.9 cm³/mol. The van der Waals surface area contributed by atoms with Crippen molar-refractivity contribution in [2.75, 3.05) is 6.61 Å². The summed E-state index contributed by atoms with van der Waals surface area (Å²) in [6.45, 7) is 2.78. The fourth-order valence-electron chi connectivity index (χ4n) is 2.93. The maximum Gasteiger partial charge on any atom is 0.287 e. The number of rotatable bonds is 2. The first kappa shape index (κ1) is 14.6. The molecular formula is C18H18N2O2S. The van der Waals surface area contributed by atoms with E-state index in [2.05, 4.69) is 36.3 Å². The predicted octanol–water partition coefficient (Wildman–Crippen LogP) is 4.13. The zero-order valence-corrected chi connectivity index (χ0v) is 13.8. The van der Waals surface area contributed by atoms with Crippen molar-refractivity contribution in [2.45, 2.75) is 32.4 Å². The Hall–Kier alpha value is -1.98. The molecule has 1 unspecified atom stereocenters. The number of ether oxygens (including phenoxy) is 1. The molecular weight excluding hydrogens is 308 g/mol. The summed E-state index contributed by atoms with van der Waals surface area (Å²) >= 11 is 1.53. The highest BCUT2D eigenvalue weighted by molar-refractivity contribution is 7.22. The number of benzene rings is 1. The van der Waals surface area contributed by atoms with E-state index in [1.807, 2.05) is 6.07 Å². The van der Waals surface area contributed by atoms with Gasteiger partial charge in [-0.2, -0.15) is 9.78 Å². The van der Waals surface area contributed by atoms with E-state index in [4.69, 9.17) is 4.74 Å². The molecule has 5 heteroatoms. The van der Waals surface area contributed by atoms with Crippen molar-refractivity contribution in [3.63, 3.8) is 0 Å². The lowest BCUT2D eigenvalue weighted by Crippen LogP contribution is -2.30. The summed E-state index contributed by atoms with van der Waals surface area (Å²) in [6, 6.07) is 10.4. The molecule has 0 N–H and O–H groups in total. The molecule has 3 aromatic rings. The van der Waals surface area contributed by atoms with Gasteiger partial charge in [0.1, 0.15) is 4.70 Å². The van der Waals surface area contributed by atoms with Crippen molar-refractivity contribution in [2.24, 2.45) is 0 Å². The van der Waals surface area contributed by atoms with Crippen LogP contribution in [-0.2, 0) is 4.74 Å². The normalized spacial score (nSPS) is 18.4. The highest BCUT2D eigenvalue weighted by atomic mass is 32.1. The minimum absolute atomic E-state index is 0.0437. The molecule has 1 aliphatic heterocycles. The topological polar surface area (TPSA) is 44.1 Å². The van der Waals surface area contributed by atoms with E-state index in [-0.39, 0.29) is 11.8 Å². The molecule has 1 aliphatic rings. The Bertz CT molecular complexity index is 890. The molecule has 0 aliphatic carbocycles. The monoisotopic (exact) mass is 326 g/mol. The molecule has 0 saturated carbocycles. The summed E-state index contributed by atoms with van der Waals surface area (Å²) in [5, 5.41) is 5.24. The van der Waals surface area contributed by atoms with Crippen LogP contribution in [0.25, 0.3) is 20.5 Å². The summed E-state index contributed by atoms with van der Waals surface area (Å²) in [6.07, 6.45) is 4.56. The molecule has 2 aromatic heterocycles. The second kappa shape index (κ2) is 5.91. The fourth-order valence-corrected chi connectivity index (χ4v) is 4.00. The highest BCUT2D eigenvalue weighted by Crippen LogP contribution is 2.32. The number of thiophene rings is 1. The van der Waals surface area contributed by atoms with E-state index in [0.717, 1.165) is 39.8 Å². The Morgan fingerprint density at radius 3 is 2.83 bits per heavy atom. The summed E-state index contributed by atoms with van der Waals surface area (Å²) in [5.74, 6) is 0. The fraction of sp³-hybridized carbons (Fsp3) is 0.333. The van der Waals surface area contributed by atoms with Crippen LogP contribution in [0.15, 0.2) is 41.3 Å². The van der Waals surface area contributed by atoms with Crippen LogP contribution in [-0.4, -0.2) is 16.4 Å². The van der Waals surface area contributed by atoms with Crippen LogP contribution in [0.5, 0.6) is 0 Å². The van der Waals surface area contributed by atoms with E-state index in [9.17, 15) is 4.79 Å². The van der Waals surface area contributed by atoms with Crippen LogP contribution < -0.4 is 5.56 Å². The average Bonchev–Trinajstić information content (AvgIpc) is 3.02. The van der Waals surface area contributed by atoms with E-state index in [1.54, 1.807) is 6.20 Å². The molecule has 118 valence electrons. The molecule has 1 atom stereocenters. The highest BCUT2D eigenvalue weighted by Gasteiger charge is 2.20. The van der Waals surface area contributed by atoms with E-state index >= 15 is 0 Å². The van der Waals surface area contributed by atoms with Gasteiger partial charge in [0.15, 0.2) is 6.23 Å². The summed E-state index contributed by atoms with van der Waals surface area (Å²) in [7, 11) is 0. The molecule has 0 radical (unpaired) electrons. The summed E-state index contributed by atoms with van der Waals surface area (Å²) in [5.41, 5.74) is 2.32. The molecule has 0 amide bonds. The Kier molecular flexibility index (Phi) is 3.75. The molecule has 4 nitrogen and oxygen atoms in total. The second-order valence-corrected chi connectivity index (χ2v) is 7.03. The number of hydrogen-bond donors (Lipinski definition) is 0. The first-order chi connectivity index (χ1) is 11.2. The smallest absolute Gasteiger partial charge is 0.287 e. The van der Waals surface area contributed by atoms with Gasteiger partial charge in [-0.15, -0.1) is 11.3 Å². The van der Waals surface area contributed by atoms with Gasteiger partial charge in [-0.25, -0.2) is 0 Å². The van der Waals surface area contributed by atoms with E-state index in [0.29, 0.717) is 6.61 Å². The van der Waals surface area contributed by atoms with Gasteiger partial charge in [-0.3, -0.25) is 4.79 Å². The van der Waals surface area contributed by atoms with Gasteiger partial charge in [0.2, 0.25) is 0 Å². The lowest BCUT2D eigenvalue weighted by molar-refractivity contribution is -0.0420. The van der Waals surface area contributed by atoms with Gasteiger partial charge in [-0.1, -0.05) is 29.8 Å². The van der Waals surface area contributed by atoms with Crippen LogP contribution in [0.1, 0.15) is 31.1 Å². The number of nitrogens with zero attached hydrogens (tertiary/aromatic N) is 2. The Balaban J connectivity index is 1.78. The van der Waals surface area contributed by atoms with Gasteiger partial charge < -0.3 is 4.74 Å². The van der Waals surface area contributed by atoms with Gasteiger partial charge in [0.05, 0.1) is 6.20 Å². The molecule has 1 aromatic carbocycles. The zero-order valence-electron chi connectivity index (χ0n) is 13.0. The minimum atomic E-state index is -0.217. The lowest BCUT2D eigenvalue weighted by Gasteiger charge is -2.23. The van der Waals surface area contributed by atoms with Crippen LogP contribution in [0.2, 0.25) is 0 Å². The third-order valence-electron chi connectivity index (χ3n) is 4.25. The van der Waals surface area contributed by atoms with Crippen LogP contribution in [0, 0.1) is 6.92 Å². The molecule has 0 spiro atoms. The molecule has 1 saturated heterocycles. The molecule has 1 fully saturated rings. The second-order valence-electron chi connectivity index (χ2n) is 5.98. The Morgan fingerprint density at radius 1 is 1.26 bits per heavy atom. The van der Waals surface area contributed by atoms with Gasteiger partial charge >= 0.3 is 0 Å². The molecule has 0 bridgehead atoms. The zero-order chi connectivity index (χ0) is 15.8. The number of aryl methyl sites for hydroxylation is 1. The molecule has 23 heavy (non-hydrogen) atoms. The lowest BCUT2D eigenvalue weighted by atomic mass is 10.1. The van der Waals surface area contributed by atoms with Crippen molar-refractivity contribution in [3.8, 4) is 10.4 Å². The quantitative estimate of drug-likeness (QED) is 0.711. The number of aromatic nitrogens is 2. The van der Waals surface area contributed by atoms with Crippen molar-refractivity contribution in [1.29, 1.82) is 0 Å². The van der Waals surface area contributed by atoms with Crippen LogP contribution >= 0.6 is 11.3 Å². The summed E-state index contributed by atoms with van der Waals surface area (Å²) < 4.78 is 7.97. The SMILES string of the molecule is Cc1ccc(-c2cc3cnn(C4CCCCO4)c(=O)c3s2)cc1. The largest absolute Gasteiger partial charge is 0.356 e. The van der Waals surface area contributed by atoms with E-state index < -0.39 is 0 Å². The number of fused-ring (bicyclic) bond motifs is 1. The maximum atomic E-state index is 12.8. The first-order valence-corrected chi connectivity index (χ1v) is 8.74. The maximum absolute atomic E-state index is 12.8. The summed E-state index contributed by atoms with van der Waals surface area (Å²) in [4.78, 5) is 13.9. The van der Waals surface area contributed by atoms with Gasteiger partial charge in [0, 0.05) is 16.9 Å². The third-order valence-corrected chi connectivity index (χ3v) is 5.44. The number of hydrogen-bond acceptors (Lipinski definition) is 4. The average molecular weight is 326 g/mol. The minimum Gasteiger partial charge on any atom is -0.356 e. The van der Waals surface area contributed by atoms with Gasteiger partial charge in [0.25, 0.3) is 5.56 Å². The van der Waals surface area contributed by atoms with Gasteiger partial charge in [-0.05, 0) is 37.8 Å². The van der Waals surface area contributed by atoms with E-state index in [1.165, 1.54) is 21.6 Å². The van der Waals surface area contributed by atoms with Crippen molar-refractivity contribution in [1.82, 2.24) is 9.78 Å². The molecule has 4 rings (SSSR count). The molecule has 3 heterocycles. The van der Waals surface area contributed by atoms with Crippen molar-refractivity contribution >= 4 is 21.4 Å². The standard InChI is InChI=1S/C18H18N2O2S/c1-12-5-7-13(8-6-12)15-10-14-11-19-20(18(21)17(14)23-15)16-4-2-3-9-22-16/h5-8,10-11,16H,2-4,9H2,1H3. The van der Waals surface area contributed by atoms with Crippen molar-refractivity contribution in [3.05, 3.63) is 52.4 Å². The van der Waals surface area contributed by atoms with Crippen LogP contribution in [0.4, 0.5) is 0 Å². The Labute approximate surface area is 138 Å². The van der Waals surface area contributed by atoms with Crippen LogP contribution in [0.3, 0.4) is 0 Å².